The van der Waals surface area contributed by atoms with Crippen LogP contribution in [0.15, 0.2) is 34.9 Å². The highest BCUT2D eigenvalue weighted by Crippen LogP contribution is 2.21. The van der Waals surface area contributed by atoms with Crippen molar-refractivity contribution in [3.05, 3.63) is 56.2 Å². The molecule has 0 bridgehead atoms. The SMILES string of the molecule is Cc1nc(Br)ccc1NCc1cc(Cl)cc(Cl)c1. The molecule has 0 aliphatic heterocycles. The molecule has 5 heteroatoms. The zero-order chi connectivity index (χ0) is 13.1. The van der Waals surface area contributed by atoms with Gasteiger partial charge in [-0.25, -0.2) is 4.98 Å². The van der Waals surface area contributed by atoms with Crippen molar-refractivity contribution in [2.75, 3.05) is 5.32 Å². The molecule has 1 aromatic carbocycles. The molecule has 0 saturated heterocycles. The third-order valence-corrected chi connectivity index (χ3v) is 3.34. The first kappa shape index (κ1) is 13.7. The van der Waals surface area contributed by atoms with Crippen LogP contribution in [0.4, 0.5) is 5.69 Å². The highest BCUT2D eigenvalue weighted by atomic mass is 79.9. The number of anilines is 1. The number of halogens is 3. The van der Waals surface area contributed by atoms with Gasteiger partial charge >= 0.3 is 0 Å². The van der Waals surface area contributed by atoms with E-state index < -0.39 is 0 Å². The summed E-state index contributed by atoms with van der Waals surface area (Å²) in [5.74, 6) is 0. The average molecular weight is 346 g/mol. The summed E-state index contributed by atoms with van der Waals surface area (Å²) in [5, 5.41) is 4.60. The van der Waals surface area contributed by atoms with Gasteiger partial charge < -0.3 is 5.32 Å². The molecule has 1 heterocycles. The van der Waals surface area contributed by atoms with Crippen LogP contribution < -0.4 is 5.32 Å². The van der Waals surface area contributed by atoms with Crippen molar-refractivity contribution < 1.29 is 0 Å². The lowest BCUT2D eigenvalue weighted by Crippen LogP contribution is -2.02. The summed E-state index contributed by atoms with van der Waals surface area (Å²) in [6, 6.07) is 9.39. The maximum absolute atomic E-state index is 5.95. The lowest BCUT2D eigenvalue weighted by molar-refractivity contribution is 1.10. The maximum atomic E-state index is 5.95. The Labute approximate surface area is 124 Å². The van der Waals surface area contributed by atoms with Crippen LogP contribution in [-0.2, 0) is 6.54 Å². The zero-order valence-electron chi connectivity index (χ0n) is 9.67. The topological polar surface area (TPSA) is 24.9 Å². The Morgan fingerprint density at radius 2 is 1.83 bits per heavy atom. The Hall–Kier alpha value is -0.770. The molecule has 2 aromatic rings. The smallest absolute Gasteiger partial charge is 0.106 e. The summed E-state index contributed by atoms with van der Waals surface area (Å²) < 4.78 is 0.830. The van der Waals surface area contributed by atoms with E-state index in [9.17, 15) is 0 Å². The second kappa shape index (κ2) is 5.91. The van der Waals surface area contributed by atoms with Crippen molar-refractivity contribution >= 4 is 44.8 Å². The molecule has 0 fully saturated rings. The highest BCUT2D eigenvalue weighted by molar-refractivity contribution is 9.10. The molecule has 94 valence electrons. The van der Waals surface area contributed by atoms with Gasteiger partial charge in [-0.3, -0.25) is 0 Å². The van der Waals surface area contributed by atoms with E-state index in [1.165, 1.54) is 0 Å². The van der Waals surface area contributed by atoms with Crippen molar-refractivity contribution in [1.82, 2.24) is 4.98 Å². The van der Waals surface area contributed by atoms with Gasteiger partial charge in [-0.1, -0.05) is 23.2 Å². The number of pyridine rings is 1. The first-order valence-electron chi connectivity index (χ1n) is 5.36. The molecule has 1 aromatic heterocycles. The van der Waals surface area contributed by atoms with Crippen LogP contribution >= 0.6 is 39.1 Å². The zero-order valence-corrected chi connectivity index (χ0v) is 12.8. The molecule has 0 radical (unpaired) electrons. The van der Waals surface area contributed by atoms with Crippen molar-refractivity contribution in [3.63, 3.8) is 0 Å². The fraction of sp³-hybridized carbons (Fsp3) is 0.154. The molecule has 2 rings (SSSR count). The van der Waals surface area contributed by atoms with Crippen LogP contribution in [0.1, 0.15) is 11.3 Å². The molecule has 0 spiro atoms. The molecule has 18 heavy (non-hydrogen) atoms. The summed E-state index contributed by atoms with van der Waals surface area (Å²) in [6.45, 7) is 2.61. The molecule has 0 unspecified atom stereocenters. The van der Waals surface area contributed by atoms with Gasteiger partial charge in [-0.15, -0.1) is 0 Å². The summed E-state index contributed by atoms with van der Waals surface area (Å²) in [4.78, 5) is 4.32. The quantitative estimate of drug-likeness (QED) is 0.785. The largest absolute Gasteiger partial charge is 0.379 e. The van der Waals surface area contributed by atoms with E-state index >= 15 is 0 Å². The molecule has 0 amide bonds. The molecule has 1 N–H and O–H groups in total. The second-order valence-electron chi connectivity index (χ2n) is 3.90. The monoisotopic (exact) mass is 344 g/mol. The molecular weight excluding hydrogens is 335 g/mol. The fourth-order valence-electron chi connectivity index (χ4n) is 1.63. The Morgan fingerprint density at radius 1 is 1.17 bits per heavy atom. The van der Waals surface area contributed by atoms with Gasteiger partial charge in [0.25, 0.3) is 0 Å². The standard InChI is InChI=1S/C13H11BrCl2N2/c1-8-12(2-3-13(14)18-8)17-7-9-4-10(15)6-11(16)5-9/h2-6,17H,7H2,1H3. The van der Waals surface area contributed by atoms with Crippen LogP contribution in [0.3, 0.4) is 0 Å². The fourth-order valence-corrected chi connectivity index (χ4v) is 2.60. The first-order valence-corrected chi connectivity index (χ1v) is 6.91. The highest BCUT2D eigenvalue weighted by Gasteiger charge is 2.02. The average Bonchev–Trinajstić information content (AvgIpc) is 2.26. The minimum Gasteiger partial charge on any atom is -0.379 e. The van der Waals surface area contributed by atoms with Crippen LogP contribution in [0.5, 0.6) is 0 Å². The summed E-state index contributed by atoms with van der Waals surface area (Å²) in [5.41, 5.74) is 2.97. The third kappa shape index (κ3) is 3.61. The van der Waals surface area contributed by atoms with Gasteiger partial charge in [0.1, 0.15) is 4.60 Å². The molecule has 0 saturated carbocycles. The van der Waals surface area contributed by atoms with Crippen molar-refractivity contribution in [2.45, 2.75) is 13.5 Å². The third-order valence-electron chi connectivity index (χ3n) is 2.46. The summed E-state index contributed by atoms with van der Waals surface area (Å²) in [7, 11) is 0. The number of nitrogens with zero attached hydrogens (tertiary/aromatic N) is 1. The number of aromatic nitrogens is 1. The van der Waals surface area contributed by atoms with E-state index in [1.807, 2.05) is 31.2 Å². The maximum Gasteiger partial charge on any atom is 0.106 e. The van der Waals surface area contributed by atoms with Crippen molar-refractivity contribution in [2.24, 2.45) is 0 Å². The van der Waals surface area contributed by atoms with Crippen LogP contribution in [0, 0.1) is 6.92 Å². The van der Waals surface area contributed by atoms with Crippen LogP contribution in [-0.4, -0.2) is 4.98 Å². The van der Waals surface area contributed by atoms with Crippen molar-refractivity contribution in [3.8, 4) is 0 Å². The normalized spacial score (nSPS) is 10.4. The minimum absolute atomic E-state index is 0.643. The van der Waals surface area contributed by atoms with Gasteiger partial charge in [-0.2, -0.15) is 0 Å². The number of benzene rings is 1. The predicted octanol–water partition coefficient (Wildman–Crippen LogP) is 5.07. The van der Waals surface area contributed by atoms with Crippen molar-refractivity contribution in [1.29, 1.82) is 0 Å². The lowest BCUT2D eigenvalue weighted by Gasteiger charge is -2.09. The van der Waals surface area contributed by atoms with Gasteiger partial charge in [0.05, 0.1) is 11.4 Å². The van der Waals surface area contributed by atoms with E-state index in [0.29, 0.717) is 16.6 Å². The molecule has 0 atom stereocenters. The van der Waals surface area contributed by atoms with E-state index in [1.54, 1.807) is 6.07 Å². The Morgan fingerprint density at radius 3 is 2.44 bits per heavy atom. The molecule has 0 aliphatic rings. The number of rotatable bonds is 3. The molecular formula is C13H11BrCl2N2. The predicted molar refractivity (Wildman–Crippen MR) is 80.5 cm³/mol. The van der Waals surface area contributed by atoms with E-state index in [-0.39, 0.29) is 0 Å². The van der Waals surface area contributed by atoms with E-state index in [2.05, 4.69) is 26.2 Å². The molecule has 2 nitrogen and oxygen atoms in total. The summed E-state index contributed by atoms with van der Waals surface area (Å²) >= 11 is 15.2. The van der Waals surface area contributed by atoms with Gasteiger partial charge in [0.2, 0.25) is 0 Å². The number of aryl methyl sites for hydroxylation is 1. The van der Waals surface area contributed by atoms with Crippen LogP contribution in [0.25, 0.3) is 0 Å². The van der Waals surface area contributed by atoms with E-state index in [0.717, 1.165) is 21.5 Å². The van der Waals surface area contributed by atoms with Crippen LogP contribution in [0.2, 0.25) is 10.0 Å². The number of nitrogens with one attached hydrogen (secondary N) is 1. The summed E-state index contributed by atoms with van der Waals surface area (Å²) in [6.07, 6.45) is 0. The van der Waals surface area contributed by atoms with Gasteiger partial charge in [-0.05, 0) is 58.7 Å². The number of hydrogen-bond acceptors (Lipinski definition) is 2. The molecule has 0 aliphatic carbocycles. The van der Waals surface area contributed by atoms with E-state index in [4.69, 9.17) is 23.2 Å². The van der Waals surface area contributed by atoms with Gasteiger partial charge in [0.15, 0.2) is 0 Å². The lowest BCUT2D eigenvalue weighted by atomic mass is 10.2. The second-order valence-corrected chi connectivity index (χ2v) is 5.58. The minimum atomic E-state index is 0.643. The van der Waals surface area contributed by atoms with Gasteiger partial charge in [0, 0.05) is 16.6 Å². The Kier molecular flexibility index (Phi) is 4.49. The Bertz CT molecular complexity index is 553. The Balaban J connectivity index is 2.11. The number of hydrogen-bond donors (Lipinski definition) is 1. The first-order chi connectivity index (χ1) is 8.54.